The molecule has 0 bridgehead atoms. The molecule has 2 aromatic carbocycles. The van der Waals surface area contributed by atoms with E-state index in [-0.39, 0.29) is 25.9 Å². The van der Waals surface area contributed by atoms with Crippen molar-refractivity contribution in [3.63, 3.8) is 0 Å². The number of aliphatic hydroxyl groups excluding tert-OH is 2. The summed E-state index contributed by atoms with van der Waals surface area (Å²) < 4.78 is 12.2. The molecule has 0 aliphatic heterocycles. The van der Waals surface area contributed by atoms with Crippen LogP contribution in [-0.2, 0) is 35.9 Å². The third-order valence-electron chi connectivity index (χ3n) is 8.48. The molecule has 2 unspecified atom stereocenters. The molecule has 0 amide bonds. The number of aliphatic hydroxyl groups is 2. The number of hydrogen-bond donors (Lipinski definition) is 6. The molecule has 0 spiro atoms. The largest absolute Gasteiger partial charge is 0.481 e. The topological polar surface area (TPSA) is 183 Å². The maximum absolute atomic E-state index is 10.7. The molecule has 0 fully saturated rings. The van der Waals surface area contributed by atoms with E-state index < -0.39 is 24.1 Å². The molecular weight excluding hydrogens is 640 g/mol. The minimum Gasteiger partial charge on any atom is -0.481 e. The normalized spacial score (nSPS) is 12.4. The summed E-state index contributed by atoms with van der Waals surface area (Å²) in [7, 11) is 0. The molecule has 0 aliphatic carbocycles. The van der Waals surface area contributed by atoms with Gasteiger partial charge in [0.15, 0.2) is 0 Å². The van der Waals surface area contributed by atoms with Gasteiger partial charge >= 0.3 is 11.9 Å². The lowest BCUT2D eigenvalue weighted by atomic mass is 9.92. The summed E-state index contributed by atoms with van der Waals surface area (Å²) in [6.07, 6.45) is -2.52. The van der Waals surface area contributed by atoms with Gasteiger partial charge in [0.05, 0.1) is 25.0 Å². The van der Waals surface area contributed by atoms with E-state index in [0.29, 0.717) is 38.1 Å². The SMILES string of the molecule is Cc1nc(OCc2cccc(-c3cccc(COc4ccc(CNCC(O)CC(=O)O)c(C)n4)c3C)c2C)ccc1CNCC(O)CC(=O)O. The molecule has 12 nitrogen and oxygen atoms in total. The highest BCUT2D eigenvalue weighted by molar-refractivity contribution is 5.72. The number of aryl methyl sites for hydroxylation is 2. The van der Waals surface area contributed by atoms with E-state index in [0.717, 1.165) is 55.9 Å². The van der Waals surface area contributed by atoms with Gasteiger partial charge in [-0.1, -0.05) is 48.5 Å². The van der Waals surface area contributed by atoms with Gasteiger partial charge in [-0.15, -0.1) is 0 Å². The summed E-state index contributed by atoms with van der Waals surface area (Å²) in [5.41, 5.74) is 9.89. The van der Waals surface area contributed by atoms with Crippen LogP contribution >= 0.6 is 0 Å². The fourth-order valence-electron chi connectivity index (χ4n) is 5.53. The van der Waals surface area contributed by atoms with Crippen LogP contribution in [0.3, 0.4) is 0 Å². The van der Waals surface area contributed by atoms with Crippen molar-refractivity contribution < 1.29 is 39.5 Å². The second-order valence-corrected chi connectivity index (χ2v) is 12.3. The van der Waals surface area contributed by atoms with Crippen LogP contribution in [0.25, 0.3) is 11.1 Å². The molecule has 50 heavy (non-hydrogen) atoms. The number of aliphatic carboxylic acids is 2. The van der Waals surface area contributed by atoms with Gasteiger partial charge < -0.3 is 40.5 Å². The van der Waals surface area contributed by atoms with Crippen molar-refractivity contribution in [3.8, 4) is 22.9 Å². The van der Waals surface area contributed by atoms with E-state index >= 15 is 0 Å². The first kappa shape index (κ1) is 37.9. The minimum atomic E-state index is -1.04. The molecule has 0 radical (unpaired) electrons. The third-order valence-corrected chi connectivity index (χ3v) is 8.48. The molecule has 0 saturated carbocycles. The molecule has 4 aromatic rings. The monoisotopic (exact) mass is 686 g/mol. The number of hydrogen-bond acceptors (Lipinski definition) is 10. The molecule has 2 heterocycles. The van der Waals surface area contributed by atoms with Crippen LogP contribution in [0.2, 0.25) is 0 Å². The average Bonchev–Trinajstić information content (AvgIpc) is 3.05. The van der Waals surface area contributed by atoms with Crippen molar-refractivity contribution in [2.45, 2.75) is 79.0 Å². The Kier molecular flexibility index (Phi) is 13.8. The van der Waals surface area contributed by atoms with Crippen LogP contribution in [-0.4, -0.2) is 67.6 Å². The molecular formula is C38H46N4O8. The summed E-state index contributed by atoms with van der Waals surface area (Å²) in [6.45, 7) is 9.86. The fourth-order valence-corrected chi connectivity index (χ4v) is 5.53. The summed E-state index contributed by atoms with van der Waals surface area (Å²) in [5, 5.41) is 43.2. The van der Waals surface area contributed by atoms with Gasteiger partial charge in [-0.3, -0.25) is 9.59 Å². The molecule has 2 aromatic heterocycles. The van der Waals surface area contributed by atoms with Crippen LogP contribution < -0.4 is 20.1 Å². The van der Waals surface area contributed by atoms with E-state index in [9.17, 15) is 19.8 Å². The smallest absolute Gasteiger partial charge is 0.306 e. The highest BCUT2D eigenvalue weighted by atomic mass is 16.5. The number of pyridine rings is 2. The van der Waals surface area contributed by atoms with Gasteiger partial charge in [-0.05, 0) is 72.2 Å². The number of ether oxygens (including phenoxy) is 2. The van der Waals surface area contributed by atoms with Crippen LogP contribution in [0.5, 0.6) is 11.8 Å². The Morgan fingerprint density at radius 2 is 1.02 bits per heavy atom. The molecule has 4 rings (SSSR count). The molecule has 6 N–H and O–H groups in total. The number of nitrogens with one attached hydrogen (secondary N) is 2. The number of nitrogens with zero attached hydrogens (tertiary/aromatic N) is 2. The van der Waals surface area contributed by atoms with Crippen LogP contribution in [0.15, 0.2) is 60.7 Å². The maximum Gasteiger partial charge on any atom is 0.306 e. The molecule has 2 atom stereocenters. The Morgan fingerprint density at radius 3 is 1.38 bits per heavy atom. The average molecular weight is 687 g/mol. The number of aromatic nitrogens is 2. The second kappa shape index (κ2) is 18.2. The predicted molar refractivity (Wildman–Crippen MR) is 188 cm³/mol. The zero-order chi connectivity index (χ0) is 36.2. The van der Waals surface area contributed by atoms with E-state index in [2.05, 4.69) is 46.6 Å². The van der Waals surface area contributed by atoms with E-state index in [1.807, 2.05) is 62.4 Å². The summed E-state index contributed by atoms with van der Waals surface area (Å²) in [6, 6.07) is 19.8. The maximum atomic E-state index is 10.7. The van der Waals surface area contributed by atoms with Crippen molar-refractivity contribution >= 4 is 11.9 Å². The van der Waals surface area contributed by atoms with Crippen LogP contribution in [0, 0.1) is 27.7 Å². The first-order valence-corrected chi connectivity index (χ1v) is 16.5. The Morgan fingerprint density at radius 1 is 0.620 bits per heavy atom. The quantitative estimate of drug-likeness (QED) is 0.0820. The van der Waals surface area contributed by atoms with Crippen molar-refractivity contribution in [3.05, 3.63) is 105 Å². The first-order valence-electron chi connectivity index (χ1n) is 16.5. The van der Waals surface area contributed by atoms with Crippen molar-refractivity contribution in [1.29, 1.82) is 0 Å². The van der Waals surface area contributed by atoms with E-state index in [1.165, 1.54) is 0 Å². The Bertz CT molecular complexity index is 1650. The van der Waals surface area contributed by atoms with Crippen LogP contribution in [0.1, 0.15) is 57.6 Å². The van der Waals surface area contributed by atoms with E-state index in [1.54, 1.807) is 0 Å². The molecule has 266 valence electrons. The van der Waals surface area contributed by atoms with E-state index in [4.69, 9.17) is 19.7 Å². The lowest BCUT2D eigenvalue weighted by Crippen LogP contribution is -2.28. The van der Waals surface area contributed by atoms with Gasteiger partial charge in [-0.25, -0.2) is 9.97 Å². The Balaban J connectivity index is 1.35. The molecule has 12 heteroatoms. The van der Waals surface area contributed by atoms with Gasteiger partial charge in [-0.2, -0.15) is 0 Å². The van der Waals surface area contributed by atoms with Gasteiger partial charge in [0.1, 0.15) is 13.2 Å². The number of rotatable bonds is 19. The van der Waals surface area contributed by atoms with Gasteiger partial charge in [0.2, 0.25) is 11.8 Å². The summed E-state index contributed by atoms with van der Waals surface area (Å²) in [4.78, 5) is 30.7. The lowest BCUT2D eigenvalue weighted by Gasteiger charge is -2.17. The van der Waals surface area contributed by atoms with Gasteiger partial charge in [0, 0.05) is 49.7 Å². The van der Waals surface area contributed by atoms with Crippen molar-refractivity contribution in [2.75, 3.05) is 13.1 Å². The molecule has 0 aliphatic rings. The van der Waals surface area contributed by atoms with Crippen molar-refractivity contribution in [1.82, 2.24) is 20.6 Å². The zero-order valence-corrected chi connectivity index (χ0v) is 28.9. The standard InChI is InChI=1S/C38H46N4O8/c1-23-29(21-49-35-13-11-27(25(3)41-35)17-39-19-31(43)15-37(45)46)7-5-9-33(23)34-10-6-8-30(24(34)2)22-50-36-14-12-28(26(4)42-36)18-40-20-32(44)16-38(47)48/h5-14,31-32,39-40,43-44H,15-22H2,1-4H3,(H,45,46)(H,47,48). The highest BCUT2D eigenvalue weighted by Crippen LogP contribution is 2.31. The molecule has 0 saturated heterocycles. The zero-order valence-electron chi connectivity index (χ0n) is 28.9. The summed E-state index contributed by atoms with van der Waals surface area (Å²) >= 11 is 0. The fraction of sp³-hybridized carbons (Fsp3) is 0.368. The Hall–Kier alpha value is -4.88. The van der Waals surface area contributed by atoms with Gasteiger partial charge in [0.25, 0.3) is 0 Å². The van der Waals surface area contributed by atoms with Crippen molar-refractivity contribution in [2.24, 2.45) is 0 Å². The van der Waals surface area contributed by atoms with Crippen LogP contribution in [0.4, 0.5) is 0 Å². The Labute approximate surface area is 292 Å². The highest BCUT2D eigenvalue weighted by Gasteiger charge is 2.14. The predicted octanol–water partition coefficient (Wildman–Crippen LogP) is 4.39. The second-order valence-electron chi connectivity index (χ2n) is 12.3. The first-order chi connectivity index (χ1) is 23.9. The number of carboxylic acid groups (broad SMARTS) is 2. The number of carbonyl (C=O) groups is 2. The lowest BCUT2D eigenvalue weighted by molar-refractivity contribution is -0.140. The summed E-state index contributed by atoms with van der Waals surface area (Å²) in [5.74, 6) is -1.08. The number of benzene rings is 2. The number of carboxylic acids is 2. The minimum absolute atomic E-state index is 0.173. The third kappa shape index (κ3) is 11.1.